The number of aromatic hydroxyl groups is 1. The van der Waals surface area contributed by atoms with Crippen LogP contribution in [0.2, 0.25) is 0 Å². The summed E-state index contributed by atoms with van der Waals surface area (Å²) in [6, 6.07) is 5.92. The van der Waals surface area contributed by atoms with Crippen LogP contribution in [0.25, 0.3) is 0 Å². The largest absolute Gasteiger partial charge is 0.508 e. The number of carbonyl (C=O) groups excluding carboxylic acids is 1. The molecular weight excluding hydrogens is 292 g/mol. The molecule has 110 valence electrons. The van der Waals surface area contributed by atoms with Gasteiger partial charge in [0.25, 0.3) is 5.91 Å². The number of nitrogens with zero attached hydrogens (tertiary/aromatic N) is 1. The van der Waals surface area contributed by atoms with Gasteiger partial charge in [-0.3, -0.25) is 14.9 Å². The van der Waals surface area contributed by atoms with Gasteiger partial charge >= 0.3 is 5.97 Å². The van der Waals surface area contributed by atoms with Gasteiger partial charge in [0.05, 0.1) is 5.69 Å². The summed E-state index contributed by atoms with van der Waals surface area (Å²) < 4.78 is 0. The van der Waals surface area contributed by atoms with E-state index in [0.29, 0.717) is 23.5 Å². The SMILES string of the molecule is O=C(O)CCCc1csc(NC(=O)c2ccc(O)cc2)n1. The number of benzene rings is 1. The molecule has 0 aliphatic rings. The Balaban J connectivity index is 1.91. The lowest BCUT2D eigenvalue weighted by Crippen LogP contribution is -2.11. The van der Waals surface area contributed by atoms with Crippen LogP contribution in [0.1, 0.15) is 28.9 Å². The zero-order valence-corrected chi connectivity index (χ0v) is 11.9. The first-order valence-electron chi connectivity index (χ1n) is 6.31. The number of nitrogens with one attached hydrogen (secondary N) is 1. The maximum Gasteiger partial charge on any atom is 0.303 e. The van der Waals surface area contributed by atoms with Crippen LogP contribution in [0.5, 0.6) is 5.75 Å². The number of hydrogen-bond acceptors (Lipinski definition) is 5. The number of amides is 1. The summed E-state index contributed by atoms with van der Waals surface area (Å²) in [5.41, 5.74) is 1.19. The van der Waals surface area contributed by atoms with E-state index in [1.807, 2.05) is 0 Å². The van der Waals surface area contributed by atoms with Crippen LogP contribution in [-0.4, -0.2) is 27.1 Å². The normalized spacial score (nSPS) is 10.3. The smallest absolute Gasteiger partial charge is 0.303 e. The highest BCUT2D eigenvalue weighted by Crippen LogP contribution is 2.18. The number of aliphatic carboxylic acids is 1. The topological polar surface area (TPSA) is 99.5 Å². The van der Waals surface area contributed by atoms with Gasteiger partial charge in [-0.05, 0) is 37.1 Å². The lowest BCUT2D eigenvalue weighted by molar-refractivity contribution is -0.137. The monoisotopic (exact) mass is 306 g/mol. The van der Waals surface area contributed by atoms with Crippen molar-refractivity contribution in [1.29, 1.82) is 0 Å². The van der Waals surface area contributed by atoms with Crippen LogP contribution in [-0.2, 0) is 11.2 Å². The van der Waals surface area contributed by atoms with Crippen molar-refractivity contribution < 1.29 is 19.8 Å². The molecule has 1 aromatic carbocycles. The van der Waals surface area contributed by atoms with Crippen LogP contribution < -0.4 is 5.32 Å². The minimum atomic E-state index is -0.828. The highest BCUT2D eigenvalue weighted by molar-refractivity contribution is 7.13. The Morgan fingerprint density at radius 3 is 2.62 bits per heavy atom. The number of rotatable bonds is 6. The first-order chi connectivity index (χ1) is 10.0. The number of hydrogen-bond donors (Lipinski definition) is 3. The van der Waals surface area contributed by atoms with Gasteiger partial charge in [0.2, 0.25) is 0 Å². The molecular formula is C14H14N2O4S. The molecule has 21 heavy (non-hydrogen) atoms. The second kappa shape index (κ2) is 6.85. The van der Waals surface area contributed by atoms with E-state index in [1.165, 1.54) is 35.6 Å². The van der Waals surface area contributed by atoms with Crippen molar-refractivity contribution >= 4 is 28.3 Å². The number of carboxylic acid groups (broad SMARTS) is 1. The average molecular weight is 306 g/mol. The molecule has 2 aromatic rings. The maximum atomic E-state index is 11.9. The number of carboxylic acids is 1. The van der Waals surface area contributed by atoms with Crippen molar-refractivity contribution in [2.24, 2.45) is 0 Å². The number of anilines is 1. The molecule has 0 unspecified atom stereocenters. The van der Waals surface area contributed by atoms with E-state index >= 15 is 0 Å². The van der Waals surface area contributed by atoms with E-state index in [2.05, 4.69) is 10.3 Å². The third-order valence-corrected chi connectivity index (χ3v) is 3.53. The zero-order chi connectivity index (χ0) is 15.2. The van der Waals surface area contributed by atoms with E-state index in [4.69, 9.17) is 10.2 Å². The minimum absolute atomic E-state index is 0.0986. The molecule has 1 heterocycles. The molecule has 0 atom stereocenters. The molecule has 2 rings (SSSR count). The van der Waals surface area contributed by atoms with E-state index in [-0.39, 0.29) is 18.1 Å². The number of aromatic nitrogens is 1. The van der Waals surface area contributed by atoms with Gasteiger partial charge in [-0.15, -0.1) is 11.3 Å². The first-order valence-corrected chi connectivity index (χ1v) is 7.19. The Labute approximate surface area is 125 Å². The summed E-state index contributed by atoms with van der Waals surface area (Å²) in [6.45, 7) is 0. The fourth-order valence-corrected chi connectivity index (χ4v) is 2.42. The Morgan fingerprint density at radius 2 is 1.95 bits per heavy atom. The molecule has 0 bridgehead atoms. The quantitative estimate of drug-likeness (QED) is 0.761. The van der Waals surface area contributed by atoms with Crippen molar-refractivity contribution in [2.75, 3.05) is 5.32 Å². The van der Waals surface area contributed by atoms with Gasteiger partial charge in [0, 0.05) is 17.4 Å². The van der Waals surface area contributed by atoms with Crippen LogP contribution >= 0.6 is 11.3 Å². The number of phenolic OH excluding ortho intramolecular Hbond substituents is 1. The molecule has 0 saturated carbocycles. The Morgan fingerprint density at radius 1 is 1.24 bits per heavy atom. The van der Waals surface area contributed by atoms with Crippen molar-refractivity contribution in [1.82, 2.24) is 4.98 Å². The fourth-order valence-electron chi connectivity index (χ4n) is 1.68. The standard InChI is InChI=1S/C14H14N2O4S/c17-11-6-4-9(5-7-11)13(20)16-14-15-10(8-21-14)2-1-3-12(18)19/h4-8,17H,1-3H2,(H,18,19)(H,15,16,20). The van der Waals surface area contributed by atoms with E-state index < -0.39 is 5.97 Å². The van der Waals surface area contributed by atoms with Crippen LogP contribution in [0.15, 0.2) is 29.6 Å². The number of phenols is 1. The van der Waals surface area contributed by atoms with E-state index in [9.17, 15) is 9.59 Å². The molecule has 6 nitrogen and oxygen atoms in total. The van der Waals surface area contributed by atoms with Crippen molar-refractivity contribution in [2.45, 2.75) is 19.3 Å². The Bertz CT molecular complexity index is 637. The highest BCUT2D eigenvalue weighted by Gasteiger charge is 2.09. The summed E-state index contributed by atoms with van der Waals surface area (Å²) in [5, 5.41) is 22.7. The van der Waals surface area contributed by atoms with Crippen LogP contribution in [0.4, 0.5) is 5.13 Å². The summed E-state index contributed by atoms with van der Waals surface area (Å²) >= 11 is 1.29. The van der Waals surface area contributed by atoms with Gasteiger partial charge in [0.1, 0.15) is 5.75 Å². The summed E-state index contributed by atoms with van der Waals surface area (Å²) in [5.74, 6) is -1.03. The van der Waals surface area contributed by atoms with Gasteiger partial charge < -0.3 is 10.2 Å². The molecule has 0 aliphatic heterocycles. The highest BCUT2D eigenvalue weighted by atomic mass is 32.1. The third kappa shape index (κ3) is 4.57. The third-order valence-electron chi connectivity index (χ3n) is 2.73. The number of aryl methyl sites for hydroxylation is 1. The molecule has 1 aromatic heterocycles. The summed E-state index contributed by atoms with van der Waals surface area (Å²) in [6.07, 6.45) is 1.19. The summed E-state index contributed by atoms with van der Waals surface area (Å²) in [7, 11) is 0. The zero-order valence-electron chi connectivity index (χ0n) is 11.1. The molecule has 7 heteroatoms. The maximum absolute atomic E-state index is 11.9. The van der Waals surface area contributed by atoms with E-state index in [1.54, 1.807) is 5.38 Å². The number of carbonyl (C=O) groups is 2. The predicted octanol–water partition coefficient (Wildman–Crippen LogP) is 2.51. The predicted molar refractivity (Wildman–Crippen MR) is 78.7 cm³/mol. The van der Waals surface area contributed by atoms with Crippen molar-refractivity contribution in [3.8, 4) is 5.75 Å². The number of thiazole rings is 1. The van der Waals surface area contributed by atoms with Crippen molar-refractivity contribution in [3.63, 3.8) is 0 Å². The van der Waals surface area contributed by atoms with Gasteiger partial charge in [-0.25, -0.2) is 4.98 Å². The Kier molecular flexibility index (Phi) is 4.89. The molecule has 1 amide bonds. The van der Waals surface area contributed by atoms with Crippen LogP contribution in [0, 0.1) is 0 Å². The molecule has 0 aliphatic carbocycles. The van der Waals surface area contributed by atoms with Crippen LogP contribution in [0.3, 0.4) is 0 Å². The molecule has 0 saturated heterocycles. The lowest BCUT2D eigenvalue weighted by Gasteiger charge is -2.01. The summed E-state index contributed by atoms with van der Waals surface area (Å²) in [4.78, 5) is 26.6. The van der Waals surface area contributed by atoms with E-state index in [0.717, 1.165) is 5.69 Å². The molecule has 0 radical (unpaired) electrons. The second-order valence-electron chi connectivity index (χ2n) is 4.39. The molecule has 0 fully saturated rings. The van der Waals surface area contributed by atoms with Crippen molar-refractivity contribution in [3.05, 3.63) is 40.9 Å². The average Bonchev–Trinajstić information content (AvgIpc) is 2.86. The fraction of sp³-hybridized carbons (Fsp3) is 0.214. The Hall–Kier alpha value is -2.41. The van der Waals surface area contributed by atoms with Gasteiger partial charge in [-0.1, -0.05) is 0 Å². The first kappa shape index (κ1) is 15.0. The van der Waals surface area contributed by atoms with Gasteiger partial charge in [-0.2, -0.15) is 0 Å². The molecule has 0 spiro atoms. The lowest BCUT2D eigenvalue weighted by atomic mass is 10.2. The second-order valence-corrected chi connectivity index (χ2v) is 5.25. The minimum Gasteiger partial charge on any atom is -0.508 e. The molecule has 3 N–H and O–H groups in total. The van der Waals surface area contributed by atoms with Gasteiger partial charge in [0.15, 0.2) is 5.13 Å².